The van der Waals surface area contributed by atoms with Crippen molar-refractivity contribution >= 4 is 11.7 Å². The van der Waals surface area contributed by atoms with Gasteiger partial charge in [-0.1, -0.05) is 57.0 Å². The molecule has 0 fully saturated rings. The van der Waals surface area contributed by atoms with Crippen LogP contribution in [0.25, 0.3) is 0 Å². The number of ketones is 1. The molecule has 0 bridgehead atoms. The van der Waals surface area contributed by atoms with Crippen LogP contribution < -0.4 is 5.32 Å². The predicted molar refractivity (Wildman–Crippen MR) is 76.7 cm³/mol. The lowest BCUT2D eigenvalue weighted by Crippen LogP contribution is -2.34. The number of Topliss-reactive ketones (excluding diaryl/α,β-unsaturated/α-hetero) is 1. The first-order valence-corrected chi connectivity index (χ1v) is 6.92. The summed E-state index contributed by atoms with van der Waals surface area (Å²) in [6.07, 6.45) is 1.95. The molecule has 0 saturated carbocycles. The lowest BCUT2D eigenvalue weighted by Gasteiger charge is -2.26. The number of benzene rings is 1. The second kappa shape index (κ2) is 7.72. The van der Waals surface area contributed by atoms with Crippen molar-refractivity contribution in [2.75, 3.05) is 0 Å². The smallest absolute Gasteiger partial charge is 0.227 e. The van der Waals surface area contributed by atoms with E-state index in [0.717, 1.165) is 18.4 Å². The van der Waals surface area contributed by atoms with E-state index in [1.807, 2.05) is 30.3 Å². The summed E-state index contributed by atoms with van der Waals surface area (Å²) >= 11 is 0. The first-order valence-electron chi connectivity index (χ1n) is 6.92. The van der Waals surface area contributed by atoms with E-state index in [1.165, 1.54) is 6.92 Å². The molecule has 0 saturated heterocycles. The maximum absolute atomic E-state index is 11.8. The van der Waals surface area contributed by atoms with Crippen LogP contribution in [0.4, 0.5) is 0 Å². The van der Waals surface area contributed by atoms with Crippen molar-refractivity contribution in [3.63, 3.8) is 0 Å². The van der Waals surface area contributed by atoms with Crippen LogP contribution in [0.3, 0.4) is 0 Å². The lowest BCUT2D eigenvalue weighted by atomic mass is 9.88. The summed E-state index contributed by atoms with van der Waals surface area (Å²) in [5.41, 5.74) is 1.10. The Balaban J connectivity index is 2.87. The Labute approximate surface area is 115 Å². The van der Waals surface area contributed by atoms with Gasteiger partial charge in [-0.25, -0.2) is 0 Å². The number of carbonyl (C=O) groups is 2. The molecule has 1 amide bonds. The Bertz CT molecular complexity index is 410. The molecule has 3 nitrogen and oxygen atoms in total. The van der Waals surface area contributed by atoms with Crippen molar-refractivity contribution in [1.82, 2.24) is 5.32 Å². The number of rotatable bonds is 7. The molecular formula is C16H23NO2. The van der Waals surface area contributed by atoms with Gasteiger partial charge in [-0.15, -0.1) is 0 Å². The molecule has 3 heteroatoms. The Morgan fingerprint density at radius 2 is 1.68 bits per heavy atom. The van der Waals surface area contributed by atoms with E-state index >= 15 is 0 Å². The molecule has 1 atom stereocenters. The van der Waals surface area contributed by atoms with Crippen LogP contribution in [0.2, 0.25) is 0 Å². The van der Waals surface area contributed by atoms with Crippen LogP contribution >= 0.6 is 0 Å². The number of hydrogen-bond donors (Lipinski definition) is 1. The van der Waals surface area contributed by atoms with Gasteiger partial charge in [0.05, 0.1) is 12.5 Å². The highest BCUT2D eigenvalue weighted by atomic mass is 16.2. The molecule has 19 heavy (non-hydrogen) atoms. The van der Waals surface area contributed by atoms with Crippen molar-refractivity contribution in [3.05, 3.63) is 35.9 Å². The number of carbonyl (C=O) groups excluding carboxylic acids is 2. The van der Waals surface area contributed by atoms with Crippen LogP contribution in [0.15, 0.2) is 30.3 Å². The highest BCUT2D eigenvalue weighted by molar-refractivity contribution is 5.96. The topological polar surface area (TPSA) is 46.2 Å². The van der Waals surface area contributed by atoms with E-state index in [0.29, 0.717) is 5.92 Å². The Hall–Kier alpha value is -1.64. The second-order valence-corrected chi connectivity index (χ2v) is 4.91. The largest absolute Gasteiger partial charge is 0.349 e. The molecule has 104 valence electrons. The van der Waals surface area contributed by atoms with Gasteiger partial charge in [0.15, 0.2) is 0 Å². The van der Waals surface area contributed by atoms with Crippen molar-refractivity contribution in [3.8, 4) is 0 Å². The molecule has 0 aliphatic rings. The maximum atomic E-state index is 11.8. The summed E-state index contributed by atoms with van der Waals surface area (Å²) in [6.45, 7) is 5.69. The van der Waals surface area contributed by atoms with Crippen LogP contribution in [0.1, 0.15) is 51.6 Å². The van der Waals surface area contributed by atoms with Gasteiger partial charge in [-0.05, 0) is 18.4 Å². The fourth-order valence-corrected chi connectivity index (χ4v) is 2.34. The van der Waals surface area contributed by atoms with Gasteiger partial charge in [0.2, 0.25) is 5.91 Å². The molecule has 1 aromatic rings. The molecule has 0 spiro atoms. The third-order valence-electron chi connectivity index (χ3n) is 3.40. The summed E-state index contributed by atoms with van der Waals surface area (Å²) in [4.78, 5) is 22.9. The van der Waals surface area contributed by atoms with E-state index in [1.54, 1.807) is 0 Å². The average molecular weight is 261 g/mol. The summed E-state index contributed by atoms with van der Waals surface area (Å²) in [7, 11) is 0. The quantitative estimate of drug-likeness (QED) is 0.766. The zero-order valence-corrected chi connectivity index (χ0v) is 12.0. The normalized spacial score (nSPS) is 12.2. The molecule has 1 unspecified atom stereocenters. The van der Waals surface area contributed by atoms with Crippen LogP contribution in [0, 0.1) is 5.92 Å². The maximum Gasteiger partial charge on any atom is 0.227 e. The third kappa shape index (κ3) is 4.86. The van der Waals surface area contributed by atoms with Crippen molar-refractivity contribution in [1.29, 1.82) is 0 Å². The molecule has 0 heterocycles. The zero-order valence-electron chi connectivity index (χ0n) is 12.0. The Kier molecular flexibility index (Phi) is 6.26. The van der Waals surface area contributed by atoms with E-state index in [-0.39, 0.29) is 24.2 Å². The van der Waals surface area contributed by atoms with E-state index in [9.17, 15) is 9.59 Å². The molecule has 0 radical (unpaired) electrons. The van der Waals surface area contributed by atoms with Gasteiger partial charge in [-0.3, -0.25) is 9.59 Å². The fourth-order valence-electron chi connectivity index (χ4n) is 2.34. The van der Waals surface area contributed by atoms with Crippen LogP contribution in [0.5, 0.6) is 0 Å². The minimum absolute atomic E-state index is 0.0111. The Morgan fingerprint density at radius 3 is 2.16 bits per heavy atom. The second-order valence-electron chi connectivity index (χ2n) is 4.91. The summed E-state index contributed by atoms with van der Waals surface area (Å²) in [5, 5.41) is 3.01. The first kappa shape index (κ1) is 15.4. The van der Waals surface area contributed by atoms with Crippen LogP contribution in [-0.4, -0.2) is 11.7 Å². The monoisotopic (exact) mass is 261 g/mol. The summed E-state index contributed by atoms with van der Waals surface area (Å²) in [6, 6.07) is 9.95. The van der Waals surface area contributed by atoms with Gasteiger partial charge in [0.25, 0.3) is 0 Å². The first-order chi connectivity index (χ1) is 9.08. The van der Waals surface area contributed by atoms with Gasteiger partial charge in [0.1, 0.15) is 5.78 Å². The van der Waals surface area contributed by atoms with Gasteiger partial charge >= 0.3 is 0 Å². The van der Waals surface area contributed by atoms with E-state index in [4.69, 9.17) is 0 Å². The standard InChI is InChI=1S/C16H23NO2/c1-4-13(5-2)16(14-9-7-6-8-10-14)17-15(19)11-12(3)18/h6-10,13,16H,4-5,11H2,1-3H3,(H,17,19). The van der Waals surface area contributed by atoms with Gasteiger partial charge < -0.3 is 5.32 Å². The number of amides is 1. The minimum atomic E-state index is -0.187. The fraction of sp³-hybridized carbons (Fsp3) is 0.500. The number of hydrogen-bond acceptors (Lipinski definition) is 2. The zero-order chi connectivity index (χ0) is 14.3. The molecule has 1 rings (SSSR count). The van der Waals surface area contributed by atoms with Crippen LogP contribution in [-0.2, 0) is 9.59 Å². The highest BCUT2D eigenvalue weighted by Gasteiger charge is 2.22. The van der Waals surface area contributed by atoms with E-state index < -0.39 is 0 Å². The predicted octanol–water partition coefficient (Wildman–Crippen LogP) is 3.26. The average Bonchev–Trinajstić information content (AvgIpc) is 2.39. The van der Waals surface area contributed by atoms with Gasteiger partial charge in [-0.2, -0.15) is 0 Å². The molecule has 0 aromatic heterocycles. The Morgan fingerprint density at radius 1 is 1.11 bits per heavy atom. The van der Waals surface area contributed by atoms with Crippen molar-refractivity contribution in [2.24, 2.45) is 5.92 Å². The molecule has 1 aromatic carbocycles. The highest BCUT2D eigenvalue weighted by Crippen LogP contribution is 2.27. The minimum Gasteiger partial charge on any atom is -0.349 e. The number of nitrogens with one attached hydrogen (secondary N) is 1. The third-order valence-corrected chi connectivity index (χ3v) is 3.40. The van der Waals surface area contributed by atoms with Gasteiger partial charge in [0, 0.05) is 0 Å². The summed E-state index contributed by atoms with van der Waals surface area (Å²) in [5.74, 6) is 0.0976. The van der Waals surface area contributed by atoms with Crippen molar-refractivity contribution < 1.29 is 9.59 Å². The van der Waals surface area contributed by atoms with Crippen molar-refractivity contribution in [2.45, 2.75) is 46.1 Å². The lowest BCUT2D eigenvalue weighted by molar-refractivity contribution is -0.127. The molecular weight excluding hydrogens is 238 g/mol. The van der Waals surface area contributed by atoms with E-state index in [2.05, 4.69) is 19.2 Å². The molecule has 0 aliphatic heterocycles. The molecule has 1 N–H and O–H groups in total. The molecule has 0 aliphatic carbocycles. The summed E-state index contributed by atoms with van der Waals surface area (Å²) < 4.78 is 0. The SMILES string of the molecule is CCC(CC)C(NC(=O)CC(C)=O)c1ccccc1.